The number of carbonyl (C=O) groups is 1. The lowest BCUT2D eigenvalue weighted by molar-refractivity contribution is -0.133. The molecule has 1 unspecified atom stereocenters. The Balaban J connectivity index is 1.78. The second-order valence-corrected chi connectivity index (χ2v) is 6.41. The number of carbonyl (C=O) groups excluding carboxylic acids is 1. The van der Waals surface area contributed by atoms with Crippen molar-refractivity contribution < 1.29 is 13.6 Å². The van der Waals surface area contributed by atoms with Crippen molar-refractivity contribution in [3.8, 4) is 0 Å². The highest BCUT2D eigenvalue weighted by Crippen LogP contribution is 2.32. The zero-order valence-corrected chi connectivity index (χ0v) is 14.1. The quantitative estimate of drug-likeness (QED) is 0.817. The van der Waals surface area contributed by atoms with Crippen molar-refractivity contribution in [2.45, 2.75) is 51.5 Å². The van der Waals surface area contributed by atoms with Gasteiger partial charge in [-0.1, -0.05) is 31.9 Å². The van der Waals surface area contributed by atoms with Crippen LogP contribution in [-0.4, -0.2) is 17.4 Å². The maximum Gasteiger partial charge on any atom is 0.227 e. The van der Waals surface area contributed by atoms with Gasteiger partial charge in [-0.2, -0.15) is 0 Å². The van der Waals surface area contributed by atoms with E-state index in [0.29, 0.717) is 6.42 Å². The van der Waals surface area contributed by atoms with Crippen LogP contribution < -0.4 is 0 Å². The molecule has 3 rings (SSSR count). The zero-order chi connectivity index (χ0) is 16.9. The Morgan fingerprint density at radius 2 is 1.96 bits per heavy atom. The first-order valence-corrected chi connectivity index (χ1v) is 8.80. The summed E-state index contributed by atoms with van der Waals surface area (Å²) in [5.74, 6) is 1.66. The lowest BCUT2D eigenvalue weighted by Crippen LogP contribution is -2.35. The third kappa shape index (κ3) is 3.86. The van der Waals surface area contributed by atoms with E-state index in [-0.39, 0.29) is 17.8 Å². The molecule has 0 N–H and O–H groups in total. The number of aryl methyl sites for hydroxylation is 1. The van der Waals surface area contributed by atoms with E-state index in [0.717, 1.165) is 55.7 Å². The average Bonchev–Trinajstić information content (AvgIpc) is 2.93. The summed E-state index contributed by atoms with van der Waals surface area (Å²) < 4.78 is 19.0. The van der Waals surface area contributed by atoms with Crippen LogP contribution >= 0.6 is 0 Å². The third-order valence-electron chi connectivity index (χ3n) is 4.70. The summed E-state index contributed by atoms with van der Waals surface area (Å²) in [5, 5.41) is 0. The highest BCUT2D eigenvalue weighted by molar-refractivity contribution is 5.79. The number of amides is 1. The van der Waals surface area contributed by atoms with E-state index in [2.05, 4.69) is 6.92 Å². The van der Waals surface area contributed by atoms with Crippen LogP contribution in [0.25, 0.3) is 0 Å². The van der Waals surface area contributed by atoms with E-state index in [4.69, 9.17) is 4.42 Å². The number of furan rings is 1. The van der Waals surface area contributed by atoms with Crippen LogP contribution in [0.5, 0.6) is 0 Å². The molecule has 1 aromatic heterocycles. The number of hydrogen-bond donors (Lipinski definition) is 0. The molecule has 0 spiro atoms. The molecule has 0 bridgehead atoms. The molecule has 0 aliphatic carbocycles. The first-order chi connectivity index (χ1) is 11.7. The Hall–Kier alpha value is -2.10. The number of rotatable bonds is 4. The van der Waals surface area contributed by atoms with Gasteiger partial charge < -0.3 is 9.32 Å². The van der Waals surface area contributed by atoms with Crippen LogP contribution in [0.15, 0.2) is 40.8 Å². The molecule has 3 nitrogen and oxygen atoms in total. The van der Waals surface area contributed by atoms with Crippen LogP contribution in [0.2, 0.25) is 0 Å². The molecule has 24 heavy (non-hydrogen) atoms. The Labute approximate surface area is 142 Å². The number of hydrogen-bond acceptors (Lipinski definition) is 2. The molecular formula is C20H24FNO2. The zero-order valence-electron chi connectivity index (χ0n) is 14.1. The van der Waals surface area contributed by atoms with Gasteiger partial charge in [0.15, 0.2) is 0 Å². The summed E-state index contributed by atoms with van der Waals surface area (Å²) in [4.78, 5) is 14.8. The molecule has 1 aromatic carbocycles. The van der Waals surface area contributed by atoms with Crippen molar-refractivity contribution in [1.82, 2.24) is 4.90 Å². The van der Waals surface area contributed by atoms with E-state index in [1.165, 1.54) is 12.1 Å². The standard InChI is InChI=1S/C20H24FNO2/c1-2-17-11-12-19(24-17)18-6-4-3-5-13-22(18)20(23)14-15-7-9-16(21)10-8-15/h7-12,18H,2-6,13-14H2,1H3. The van der Waals surface area contributed by atoms with Gasteiger partial charge in [0, 0.05) is 13.0 Å². The first-order valence-electron chi connectivity index (χ1n) is 8.80. The monoisotopic (exact) mass is 329 g/mol. The molecule has 1 atom stereocenters. The minimum absolute atomic E-state index is 0.0146. The normalized spacial score (nSPS) is 18.4. The predicted molar refractivity (Wildman–Crippen MR) is 91.1 cm³/mol. The van der Waals surface area contributed by atoms with Crippen molar-refractivity contribution >= 4 is 5.91 Å². The van der Waals surface area contributed by atoms with Gasteiger partial charge in [0.25, 0.3) is 0 Å². The minimum atomic E-state index is -0.276. The van der Waals surface area contributed by atoms with Crippen LogP contribution in [0.4, 0.5) is 4.39 Å². The molecule has 0 saturated carbocycles. The lowest BCUT2D eigenvalue weighted by Gasteiger charge is -2.29. The van der Waals surface area contributed by atoms with E-state index >= 15 is 0 Å². The van der Waals surface area contributed by atoms with E-state index in [9.17, 15) is 9.18 Å². The molecule has 2 heterocycles. The number of nitrogens with zero attached hydrogens (tertiary/aromatic N) is 1. The van der Waals surface area contributed by atoms with Crippen molar-refractivity contribution in [2.24, 2.45) is 0 Å². The van der Waals surface area contributed by atoms with Crippen LogP contribution in [0.1, 0.15) is 55.7 Å². The summed E-state index contributed by atoms with van der Waals surface area (Å²) in [5.41, 5.74) is 0.845. The van der Waals surface area contributed by atoms with Crippen molar-refractivity contribution in [3.63, 3.8) is 0 Å². The van der Waals surface area contributed by atoms with Crippen molar-refractivity contribution in [3.05, 3.63) is 59.3 Å². The Bertz CT molecular complexity index is 677. The van der Waals surface area contributed by atoms with Gasteiger partial charge in [-0.3, -0.25) is 4.79 Å². The number of benzene rings is 1. The Kier molecular flexibility index (Phi) is 5.34. The summed E-state index contributed by atoms with van der Waals surface area (Å²) in [6.07, 6.45) is 5.36. The van der Waals surface area contributed by atoms with Gasteiger partial charge in [0.1, 0.15) is 17.3 Å². The first kappa shape index (κ1) is 16.7. The molecule has 0 radical (unpaired) electrons. The maximum absolute atomic E-state index is 13.0. The largest absolute Gasteiger partial charge is 0.464 e. The third-order valence-corrected chi connectivity index (χ3v) is 4.70. The minimum Gasteiger partial charge on any atom is -0.464 e. The fourth-order valence-electron chi connectivity index (χ4n) is 3.34. The predicted octanol–water partition coefficient (Wildman–Crippen LogP) is 4.67. The topological polar surface area (TPSA) is 33.5 Å². The van der Waals surface area contributed by atoms with Crippen LogP contribution in [0, 0.1) is 5.82 Å². The van der Waals surface area contributed by atoms with Gasteiger partial charge in [0.05, 0.1) is 12.5 Å². The van der Waals surface area contributed by atoms with Crippen molar-refractivity contribution in [2.75, 3.05) is 6.54 Å². The SMILES string of the molecule is CCc1ccc(C2CCCCCN2C(=O)Cc2ccc(F)cc2)o1. The molecular weight excluding hydrogens is 305 g/mol. The molecule has 1 amide bonds. The highest BCUT2D eigenvalue weighted by atomic mass is 19.1. The summed E-state index contributed by atoms with van der Waals surface area (Å²) in [7, 11) is 0. The molecule has 1 saturated heterocycles. The second kappa shape index (κ2) is 7.65. The van der Waals surface area contributed by atoms with Gasteiger partial charge in [0.2, 0.25) is 5.91 Å². The molecule has 1 aliphatic rings. The fraction of sp³-hybridized carbons (Fsp3) is 0.450. The molecule has 2 aromatic rings. The number of halogens is 1. The lowest BCUT2D eigenvalue weighted by atomic mass is 10.1. The maximum atomic E-state index is 13.0. The average molecular weight is 329 g/mol. The van der Waals surface area contributed by atoms with E-state index < -0.39 is 0 Å². The van der Waals surface area contributed by atoms with E-state index in [1.54, 1.807) is 12.1 Å². The van der Waals surface area contributed by atoms with Crippen LogP contribution in [-0.2, 0) is 17.6 Å². The smallest absolute Gasteiger partial charge is 0.227 e. The fourth-order valence-corrected chi connectivity index (χ4v) is 3.34. The Morgan fingerprint density at radius 3 is 2.67 bits per heavy atom. The van der Waals surface area contributed by atoms with Crippen LogP contribution in [0.3, 0.4) is 0 Å². The summed E-state index contributed by atoms with van der Waals surface area (Å²) in [6.45, 7) is 2.82. The summed E-state index contributed by atoms with van der Waals surface area (Å²) in [6, 6.07) is 10.2. The highest BCUT2D eigenvalue weighted by Gasteiger charge is 2.28. The van der Waals surface area contributed by atoms with Gasteiger partial charge in [-0.25, -0.2) is 4.39 Å². The second-order valence-electron chi connectivity index (χ2n) is 6.41. The van der Waals surface area contributed by atoms with Gasteiger partial charge >= 0.3 is 0 Å². The molecule has 1 fully saturated rings. The number of likely N-dealkylation sites (tertiary alicyclic amines) is 1. The summed E-state index contributed by atoms with van der Waals surface area (Å²) >= 11 is 0. The Morgan fingerprint density at radius 1 is 1.17 bits per heavy atom. The van der Waals surface area contributed by atoms with E-state index in [1.807, 2.05) is 17.0 Å². The molecule has 4 heteroatoms. The van der Waals surface area contributed by atoms with Gasteiger partial charge in [-0.15, -0.1) is 0 Å². The van der Waals surface area contributed by atoms with Crippen molar-refractivity contribution in [1.29, 1.82) is 0 Å². The molecule has 128 valence electrons. The molecule has 1 aliphatic heterocycles. The van der Waals surface area contributed by atoms with Gasteiger partial charge in [-0.05, 0) is 42.7 Å².